The highest BCUT2D eigenvalue weighted by atomic mass is 32.1. The van der Waals surface area contributed by atoms with Crippen LogP contribution in [0.15, 0.2) is 46.2 Å². The van der Waals surface area contributed by atoms with Crippen molar-refractivity contribution in [3.8, 4) is 0 Å². The predicted molar refractivity (Wildman–Crippen MR) is 109 cm³/mol. The third kappa shape index (κ3) is 3.10. The van der Waals surface area contributed by atoms with Crippen LogP contribution in [-0.4, -0.2) is 50.7 Å². The monoisotopic (exact) mass is 411 g/mol. The molecule has 0 N–H and O–H groups in total. The molecule has 4 atom stereocenters. The smallest absolute Gasteiger partial charge is 0.145 e. The molecule has 0 radical (unpaired) electrons. The highest BCUT2D eigenvalue weighted by Gasteiger charge is 2.53. The van der Waals surface area contributed by atoms with Crippen LogP contribution in [-0.2, 0) is 11.3 Å². The molecule has 5 heterocycles. The van der Waals surface area contributed by atoms with Crippen molar-refractivity contribution in [3.05, 3.63) is 63.3 Å². The highest BCUT2D eigenvalue weighted by Crippen LogP contribution is 2.49. The third-order valence-electron chi connectivity index (χ3n) is 5.80. The minimum atomic E-state index is -0.0792. The molecule has 2 fully saturated rings. The molecule has 3 aromatic heterocycles. The van der Waals surface area contributed by atoms with E-state index >= 15 is 0 Å². The van der Waals surface area contributed by atoms with Gasteiger partial charge in [0.1, 0.15) is 5.78 Å². The maximum Gasteiger partial charge on any atom is 0.145 e. The van der Waals surface area contributed by atoms with Gasteiger partial charge in [-0.15, -0.1) is 22.7 Å². The van der Waals surface area contributed by atoms with E-state index in [4.69, 9.17) is 0 Å². The summed E-state index contributed by atoms with van der Waals surface area (Å²) < 4.78 is 0. The molecule has 5 rings (SSSR count). The van der Waals surface area contributed by atoms with E-state index in [0.29, 0.717) is 12.3 Å². The van der Waals surface area contributed by atoms with Gasteiger partial charge in [-0.3, -0.25) is 14.7 Å². The van der Waals surface area contributed by atoms with Crippen LogP contribution in [0.25, 0.3) is 0 Å². The fraction of sp³-hybridized carbons (Fsp3) is 0.400. The molecule has 6 nitrogen and oxygen atoms in total. The first-order valence-electron chi connectivity index (χ1n) is 9.36. The SMILES string of the molecule is CN1CC2C(=O)C(C1)C(c1cscn1)N(Cc1ccccn1)C2c1cscn1. The Bertz CT molecular complexity index is 877. The van der Waals surface area contributed by atoms with Gasteiger partial charge in [-0.1, -0.05) is 6.07 Å². The maximum absolute atomic E-state index is 13.4. The molecule has 144 valence electrons. The van der Waals surface area contributed by atoms with E-state index in [1.165, 1.54) is 0 Å². The number of ketones is 1. The number of hydrogen-bond acceptors (Lipinski definition) is 8. The Morgan fingerprint density at radius 3 is 2.14 bits per heavy atom. The lowest BCUT2D eigenvalue weighted by Crippen LogP contribution is -2.59. The fourth-order valence-electron chi connectivity index (χ4n) is 4.71. The van der Waals surface area contributed by atoms with E-state index in [9.17, 15) is 4.79 Å². The molecule has 0 spiro atoms. The van der Waals surface area contributed by atoms with E-state index in [1.807, 2.05) is 29.4 Å². The number of fused-ring (bicyclic) bond motifs is 2. The number of carbonyl (C=O) groups excluding carboxylic acids is 1. The highest BCUT2D eigenvalue weighted by molar-refractivity contribution is 7.07. The van der Waals surface area contributed by atoms with Gasteiger partial charge in [-0.25, -0.2) is 9.97 Å². The average Bonchev–Trinajstić information content (AvgIpc) is 3.39. The number of thiazole rings is 2. The zero-order valence-corrected chi connectivity index (χ0v) is 17.1. The van der Waals surface area contributed by atoms with Crippen LogP contribution in [0.3, 0.4) is 0 Å². The second kappa shape index (κ2) is 7.44. The van der Waals surface area contributed by atoms with E-state index in [1.54, 1.807) is 22.7 Å². The average molecular weight is 412 g/mol. The fourth-order valence-corrected chi connectivity index (χ4v) is 5.88. The maximum atomic E-state index is 13.4. The molecular weight excluding hydrogens is 390 g/mol. The number of likely N-dealkylation sites (tertiary alicyclic amines) is 2. The number of carbonyl (C=O) groups is 1. The Labute approximate surface area is 171 Å². The van der Waals surface area contributed by atoms with Gasteiger partial charge in [0, 0.05) is 36.6 Å². The van der Waals surface area contributed by atoms with Crippen molar-refractivity contribution >= 4 is 28.5 Å². The van der Waals surface area contributed by atoms with Gasteiger partial charge in [0.2, 0.25) is 0 Å². The first kappa shape index (κ1) is 18.1. The molecule has 0 amide bonds. The Morgan fingerprint density at radius 1 is 1.00 bits per heavy atom. The third-order valence-corrected chi connectivity index (χ3v) is 7.01. The molecule has 2 aliphatic heterocycles. The second-order valence-electron chi connectivity index (χ2n) is 7.55. The summed E-state index contributed by atoms with van der Waals surface area (Å²) in [6.45, 7) is 2.20. The Balaban J connectivity index is 1.64. The van der Waals surface area contributed by atoms with Crippen LogP contribution in [0.4, 0.5) is 0 Å². The lowest BCUT2D eigenvalue weighted by atomic mass is 9.72. The predicted octanol–water partition coefficient (Wildman–Crippen LogP) is 3.04. The number of hydrogen-bond donors (Lipinski definition) is 0. The number of rotatable bonds is 4. The first-order chi connectivity index (χ1) is 13.7. The number of piperidine rings is 2. The van der Waals surface area contributed by atoms with Crippen molar-refractivity contribution in [3.63, 3.8) is 0 Å². The molecule has 8 heteroatoms. The summed E-state index contributed by atoms with van der Waals surface area (Å²) in [6.07, 6.45) is 1.83. The summed E-state index contributed by atoms with van der Waals surface area (Å²) in [5, 5.41) is 4.16. The van der Waals surface area contributed by atoms with Crippen LogP contribution < -0.4 is 0 Å². The molecular formula is C20H21N5OS2. The summed E-state index contributed by atoms with van der Waals surface area (Å²) in [5.74, 6) is 0.195. The van der Waals surface area contributed by atoms with Crippen LogP contribution in [0, 0.1) is 11.8 Å². The van der Waals surface area contributed by atoms with Crippen molar-refractivity contribution in [2.24, 2.45) is 11.8 Å². The Morgan fingerprint density at radius 2 is 1.64 bits per heavy atom. The van der Waals surface area contributed by atoms with Gasteiger partial charge in [0.05, 0.1) is 52.0 Å². The van der Waals surface area contributed by atoms with Crippen LogP contribution in [0.2, 0.25) is 0 Å². The quantitative estimate of drug-likeness (QED) is 0.658. The summed E-state index contributed by atoms with van der Waals surface area (Å²) in [7, 11) is 2.11. The van der Waals surface area contributed by atoms with E-state index in [-0.39, 0.29) is 23.9 Å². The van der Waals surface area contributed by atoms with E-state index < -0.39 is 0 Å². The number of pyridine rings is 1. The minimum absolute atomic E-state index is 0.0635. The lowest BCUT2D eigenvalue weighted by molar-refractivity contribution is -0.149. The van der Waals surface area contributed by atoms with E-state index in [0.717, 1.165) is 30.2 Å². The summed E-state index contributed by atoms with van der Waals surface area (Å²) in [6, 6.07) is 5.87. The van der Waals surface area contributed by atoms with Gasteiger partial charge >= 0.3 is 0 Å². The van der Waals surface area contributed by atoms with Gasteiger partial charge < -0.3 is 4.90 Å². The zero-order valence-electron chi connectivity index (χ0n) is 15.5. The molecule has 0 aliphatic carbocycles. The van der Waals surface area contributed by atoms with E-state index in [2.05, 4.69) is 48.6 Å². The standard InChI is InChI=1S/C20H21N5OS2/c1-24-7-14-18(16-9-27-11-22-16)25(6-13-4-2-3-5-21-13)19(15(8-24)20(14)26)17-10-28-12-23-17/h2-5,9-12,14-15,18-19H,6-8H2,1H3. The molecule has 3 aromatic rings. The zero-order chi connectivity index (χ0) is 19.1. The first-order valence-corrected chi connectivity index (χ1v) is 11.2. The van der Waals surface area contributed by atoms with Crippen LogP contribution in [0.5, 0.6) is 0 Å². The van der Waals surface area contributed by atoms with Crippen LogP contribution >= 0.6 is 22.7 Å². The topological polar surface area (TPSA) is 62.2 Å². The van der Waals surface area contributed by atoms with Crippen molar-refractivity contribution in [1.82, 2.24) is 24.8 Å². The summed E-state index contributed by atoms with van der Waals surface area (Å²) in [5.41, 5.74) is 6.68. The largest absolute Gasteiger partial charge is 0.305 e. The minimum Gasteiger partial charge on any atom is -0.305 e. The Hall–Kier alpha value is -2.00. The van der Waals surface area contributed by atoms with Gasteiger partial charge in [0.25, 0.3) is 0 Å². The molecule has 2 saturated heterocycles. The molecule has 28 heavy (non-hydrogen) atoms. The number of nitrogens with zero attached hydrogens (tertiary/aromatic N) is 5. The van der Waals surface area contributed by atoms with Crippen molar-refractivity contribution in [2.45, 2.75) is 18.6 Å². The van der Waals surface area contributed by atoms with Crippen LogP contribution in [0.1, 0.15) is 29.2 Å². The summed E-state index contributed by atoms with van der Waals surface area (Å²) >= 11 is 3.16. The second-order valence-corrected chi connectivity index (χ2v) is 8.98. The molecule has 4 unspecified atom stereocenters. The van der Waals surface area contributed by atoms with Gasteiger partial charge in [-0.2, -0.15) is 0 Å². The van der Waals surface area contributed by atoms with Gasteiger partial charge in [0.15, 0.2) is 0 Å². The normalized spacial score (nSPS) is 28.5. The Kier molecular flexibility index (Phi) is 4.80. The van der Waals surface area contributed by atoms with Crippen molar-refractivity contribution < 1.29 is 4.79 Å². The van der Waals surface area contributed by atoms with Gasteiger partial charge in [-0.05, 0) is 19.2 Å². The molecule has 2 bridgehead atoms. The summed E-state index contributed by atoms with van der Waals surface area (Å²) in [4.78, 5) is 32.0. The molecule has 2 aliphatic rings. The van der Waals surface area contributed by atoms with Crippen molar-refractivity contribution in [2.75, 3.05) is 20.1 Å². The lowest BCUT2D eigenvalue weighted by Gasteiger charge is -2.52. The van der Waals surface area contributed by atoms with Crippen molar-refractivity contribution in [1.29, 1.82) is 0 Å². The number of Topliss-reactive ketones (excluding diaryl/α,β-unsaturated/α-hetero) is 1. The number of aromatic nitrogens is 3. The molecule has 0 saturated carbocycles. The molecule has 0 aromatic carbocycles.